The maximum absolute atomic E-state index is 11.7. The number of anilines is 1. The summed E-state index contributed by atoms with van der Waals surface area (Å²) in [5.41, 5.74) is -0.0261. The van der Waals surface area contributed by atoms with Crippen LogP contribution in [0.15, 0.2) is 23.1 Å². The minimum absolute atomic E-state index is 0.110. The molecule has 1 heterocycles. The third-order valence-corrected chi connectivity index (χ3v) is 4.90. The predicted octanol–water partition coefficient (Wildman–Crippen LogP) is 1.21. The van der Waals surface area contributed by atoms with Crippen LogP contribution in [0.4, 0.5) is 11.4 Å². The van der Waals surface area contributed by atoms with E-state index in [4.69, 9.17) is 5.11 Å². The van der Waals surface area contributed by atoms with Crippen molar-refractivity contribution in [3.63, 3.8) is 0 Å². The number of piperidine rings is 1. The van der Waals surface area contributed by atoms with Gasteiger partial charge in [-0.1, -0.05) is 6.07 Å². The van der Waals surface area contributed by atoms with Crippen LogP contribution in [0, 0.1) is 16.0 Å². The Kier molecular flexibility index (Phi) is 4.48. The summed E-state index contributed by atoms with van der Waals surface area (Å²) in [5, 5.41) is 20.5. The van der Waals surface area contributed by atoms with Crippen LogP contribution in [0.5, 0.6) is 0 Å². The first kappa shape index (κ1) is 15.7. The second-order valence-corrected chi connectivity index (χ2v) is 7.25. The lowest BCUT2D eigenvalue weighted by Gasteiger charge is -2.32. The fraction of sp³-hybridized carbons (Fsp3) is 0.538. The quantitative estimate of drug-likeness (QED) is 0.662. The third-order valence-electron chi connectivity index (χ3n) is 3.77. The summed E-state index contributed by atoms with van der Waals surface area (Å²) >= 11 is 0. The molecule has 1 N–H and O–H groups in total. The third kappa shape index (κ3) is 3.33. The summed E-state index contributed by atoms with van der Waals surface area (Å²) in [5.74, 6) is 0.207. The number of aliphatic hydroxyl groups is 1. The van der Waals surface area contributed by atoms with E-state index in [1.807, 2.05) is 4.90 Å². The lowest BCUT2D eigenvalue weighted by atomic mass is 9.97. The Hall–Kier alpha value is -1.67. The molecule has 0 saturated carbocycles. The van der Waals surface area contributed by atoms with Crippen LogP contribution in [0.1, 0.15) is 12.8 Å². The van der Waals surface area contributed by atoms with Gasteiger partial charge in [-0.2, -0.15) is 0 Å². The lowest BCUT2D eigenvalue weighted by Crippen LogP contribution is -2.35. The van der Waals surface area contributed by atoms with Gasteiger partial charge >= 0.3 is 5.69 Å². The molecule has 21 heavy (non-hydrogen) atoms. The standard InChI is InChI=1S/C13H18N2O5S/c1-21(19,20)12-4-2-3-11(13(12)15(17)18)14-7-5-10(9-16)6-8-14/h2-4,10,16H,5-9H2,1H3. The largest absolute Gasteiger partial charge is 0.396 e. The molecule has 0 spiro atoms. The first-order chi connectivity index (χ1) is 9.84. The van der Waals surface area contributed by atoms with Gasteiger partial charge in [0, 0.05) is 26.0 Å². The molecule has 0 aromatic heterocycles. The van der Waals surface area contributed by atoms with Gasteiger partial charge < -0.3 is 10.0 Å². The SMILES string of the molecule is CS(=O)(=O)c1cccc(N2CCC(CO)CC2)c1[N+](=O)[O-]. The Bertz CT molecular complexity index is 636. The van der Waals surface area contributed by atoms with E-state index in [-0.39, 0.29) is 23.1 Å². The molecule has 0 bridgehead atoms. The second-order valence-electron chi connectivity index (χ2n) is 5.27. The molecule has 1 saturated heterocycles. The topological polar surface area (TPSA) is 101 Å². The zero-order valence-electron chi connectivity index (χ0n) is 11.7. The van der Waals surface area contributed by atoms with E-state index in [9.17, 15) is 18.5 Å². The number of nitrogens with zero attached hydrogens (tertiary/aromatic N) is 2. The molecule has 116 valence electrons. The van der Waals surface area contributed by atoms with Gasteiger partial charge in [-0.05, 0) is 30.9 Å². The molecular weight excluding hydrogens is 296 g/mol. The van der Waals surface area contributed by atoms with E-state index in [0.29, 0.717) is 18.8 Å². The molecule has 0 amide bonds. The normalized spacial score (nSPS) is 17.0. The van der Waals surface area contributed by atoms with E-state index in [0.717, 1.165) is 19.1 Å². The molecule has 0 radical (unpaired) electrons. The molecule has 0 aliphatic carbocycles. The van der Waals surface area contributed by atoms with Crippen molar-refractivity contribution in [3.8, 4) is 0 Å². The van der Waals surface area contributed by atoms with E-state index in [2.05, 4.69) is 0 Å². The van der Waals surface area contributed by atoms with Gasteiger partial charge in [0.25, 0.3) is 0 Å². The monoisotopic (exact) mass is 314 g/mol. The Morgan fingerprint density at radius 3 is 2.48 bits per heavy atom. The van der Waals surface area contributed by atoms with Gasteiger partial charge in [0.2, 0.25) is 0 Å². The number of hydrogen-bond donors (Lipinski definition) is 1. The van der Waals surface area contributed by atoms with Crippen molar-refractivity contribution in [2.45, 2.75) is 17.7 Å². The predicted molar refractivity (Wildman–Crippen MR) is 78.2 cm³/mol. The fourth-order valence-electron chi connectivity index (χ4n) is 2.61. The zero-order chi connectivity index (χ0) is 15.6. The van der Waals surface area contributed by atoms with Gasteiger partial charge in [-0.25, -0.2) is 8.42 Å². The highest BCUT2D eigenvalue weighted by atomic mass is 32.2. The first-order valence-corrected chi connectivity index (χ1v) is 8.57. The average Bonchev–Trinajstić information content (AvgIpc) is 2.45. The molecule has 1 aromatic carbocycles. The van der Waals surface area contributed by atoms with Crippen molar-refractivity contribution < 1.29 is 18.4 Å². The number of rotatable bonds is 4. The number of aliphatic hydroxyl groups excluding tert-OH is 1. The Balaban J connectivity index is 2.43. The van der Waals surface area contributed by atoms with Crippen LogP contribution in [-0.2, 0) is 9.84 Å². The summed E-state index contributed by atoms with van der Waals surface area (Å²) in [6.07, 6.45) is 2.44. The van der Waals surface area contributed by atoms with Crippen molar-refractivity contribution in [1.29, 1.82) is 0 Å². The van der Waals surface area contributed by atoms with Crippen molar-refractivity contribution in [2.24, 2.45) is 5.92 Å². The maximum atomic E-state index is 11.7. The minimum atomic E-state index is -3.66. The van der Waals surface area contributed by atoms with Gasteiger partial charge in [0.1, 0.15) is 10.6 Å². The van der Waals surface area contributed by atoms with Gasteiger partial charge in [-0.15, -0.1) is 0 Å². The molecule has 1 fully saturated rings. The highest BCUT2D eigenvalue weighted by Gasteiger charge is 2.30. The van der Waals surface area contributed by atoms with Crippen molar-refractivity contribution in [1.82, 2.24) is 0 Å². The Labute approximate surface area is 123 Å². The van der Waals surface area contributed by atoms with Crippen LogP contribution < -0.4 is 4.90 Å². The van der Waals surface area contributed by atoms with Crippen molar-refractivity contribution >= 4 is 21.2 Å². The molecule has 1 aromatic rings. The van der Waals surface area contributed by atoms with E-state index < -0.39 is 14.8 Å². The minimum Gasteiger partial charge on any atom is -0.396 e. The maximum Gasteiger partial charge on any atom is 0.311 e. The summed E-state index contributed by atoms with van der Waals surface area (Å²) in [4.78, 5) is 12.3. The number of benzene rings is 1. The molecule has 1 aliphatic rings. The van der Waals surface area contributed by atoms with Crippen molar-refractivity contribution in [3.05, 3.63) is 28.3 Å². The number of nitro groups is 1. The summed E-state index contributed by atoms with van der Waals surface area (Å²) in [7, 11) is -3.66. The van der Waals surface area contributed by atoms with E-state index in [1.54, 1.807) is 6.07 Å². The van der Waals surface area contributed by atoms with Crippen LogP contribution in [0.2, 0.25) is 0 Å². The molecule has 8 heteroatoms. The van der Waals surface area contributed by atoms with Crippen LogP contribution in [-0.4, -0.2) is 44.4 Å². The Morgan fingerprint density at radius 1 is 1.38 bits per heavy atom. The molecule has 1 aliphatic heterocycles. The second kappa shape index (κ2) is 5.98. The molecule has 0 atom stereocenters. The average molecular weight is 314 g/mol. The number of hydrogen-bond acceptors (Lipinski definition) is 6. The highest BCUT2D eigenvalue weighted by molar-refractivity contribution is 7.90. The van der Waals surface area contributed by atoms with E-state index >= 15 is 0 Å². The highest BCUT2D eigenvalue weighted by Crippen LogP contribution is 2.36. The molecule has 7 nitrogen and oxygen atoms in total. The molecule has 2 rings (SSSR count). The van der Waals surface area contributed by atoms with Gasteiger partial charge in [0.05, 0.1) is 4.92 Å². The summed E-state index contributed by atoms with van der Waals surface area (Å²) in [6.45, 7) is 1.25. The first-order valence-electron chi connectivity index (χ1n) is 6.68. The van der Waals surface area contributed by atoms with Gasteiger partial charge in [0.15, 0.2) is 9.84 Å². The van der Waals surface area contributed by atoms with Gasteiger partial charge in [-0.3, -0.25) is 10.1 Å². The fourth-order valence-corrected chi connectivity index (χ4v) is 3.46. The molecule has 0 unspecified atom stereocenters. The van der Waals surface area contributed by atoms with Crippen LogP contribution in [0.25, 0.3) is 0 Å². The van der Waals surface area contributed by atoms with Crippen molar-refractivity contribution in [2.75, 3.05) is 30.9 Å². The Morgan fingerprint density at radius 2 is 2.00 bits per heavy atom. The number of para-hydroxylation sites is 1. The smallest absolute Gasteiger partial charge is 0.311 e. The zero-order valence-corrected chi connectivity index (χ0v) is 12.5. The number of sulfone groups is 1. The summed E-state index contributed by atoms with van der Waals surface area (Å²) < 4.78 is 23.5. The van der Waals surface area contributed by atoms with Crippen LogP contribution in [0.3, 0.4) is 0 Å². The molecular formula is C13H18N2O5S. The van der Waals surface area contributed by atoms with Crippen LogP contribution >= 0.6 is 0 Å². The summed E-state index contributed by atoms with van der Waals surface area (Å²) in [6, 6.07) is 4.36. The lowest BCUT2D eigenvalue weighted by molar-refractivity contribution is -0.387. The number of nitro benzene ring substituents is 1. The van der Waals surface area contributed by atoms with E-state index in [1.165, 1.54) is 12.1 Å².